The fourth-order valence-corrected chi connectivity index (χ4v) is 3.78. The van der Waals surface area contributed by atoms with Crippen LogP contribution in [-0.4, -0.2) is 65.2 Å². The molecule has 2 N–H and O–H groups in total. The lowest BCUT2D eigenvalue weighted by Gasteiger charge is -2.33. The summed E-state index contributed by atoms with van der Waals surface area (Å²) in [7, 11) is 0. The molecule has 0 radical (unpaired) electrons. The molecule has 0 atom stereocenters. The molecule has 0 unspecified atom stereocenters. The van der Waals surface area contributed by atoms with Gasteiger partial charge in [-0.15, -0.1) is 0 Å². The van der Waals surface area contributed by atoms with Crippen molar-refractivity contribution in [3.8, 4) is 11.5 Å². The number of H-pyrrole nitrogens is 1. The van der Waals surface area contributed by atoms with E-state index >= 15 is 0 Å². The number of piperazine rings is 1. The molecule has 3 aromatic rings. The number of aromatic nitrogens is 2. The number of ether oxygens (including phenoxy) is 2. The van der Waals surface area contributed by atoms with E-state index in [1.54, 1.807) is 6.07 Å². The molecule has 2 aliphatic rings. The van der Waals surface area contributed by atoms with E-state index in [-0.39, 0.29) is 12.7 Å². The van der Waals surface area contributed by atoms with Crippen molar-refractivity contribution in [3.63, 3.8) is 0 Å². The highest BCUT2D eigenvalue weighted by atomic mass is 16.7. The van der Waals surface area contributed by atoms with Gasteiger partial charge in [0.05, 0.1) is 24.1 Å². The van der Waals surface area contributed by atoms with Gasteiger partial charge in [-0.2, -0.15) is 0 Å². The lowest BCUT2D eigenvalue weighted by molar-refractivity contribution is -0.117. The van der Waals surface area contributed by atoms with Crippen LogP contribution in [0.25, 0.3) is 11.0 Å². The van der Waals surface area contributed by atoms with Crippen molar-refractivity contribution < 1.29 is 14.3 Å². The number of amides is 1. The van der Waals surface area contributed by atoms with E-state index in [9.17, 15) is 4.79 Å². The zero-order valence-electron chi connectivity index (χ0n) is 16.1. The molecule has 5 rings (SSSR count). The summed E-state index contributed by atoms with van der Waals surface area (Å²) >= 11 is 0. The fraction of sp³-hybridized carbons (Fsp3) is 0.333. The summed E-state index contributed by atoms with van der Waals surface area (Å²) < 4.78 is 10.6. The Labute approximate surface area is 168 Å². The number of nitrogens with one attached hydrogen (secondary N) is 2. The molecule has 1 aromatic heterocycles. The normalized spacial score (nSPS) is 17.0. The smallest absolute Gasteiger partial charge is 0.238 e. The molecule has 2 aromatic carbocycles. The number of benzene rings is 2. The molecule has 0 aliphatic carbocycles. The van der Waals surface area contributed by atoms with Crippen LogP contribution in [-0.2, 0) is 11.3 Å². The molecular formula is C21H23N5O3. The van der Waals surface area contributed by atoms with Gasteiger partial charge >= 0.3 is 0 Å². The minimum Gasteiger partial charge on any atom is -0.454 e. The van der Waals surface area contributed by atoms with E-state index in [1.807, 2.05) is 36.4 Å². The number of aromatic amines is 1. The largest absolute Gasteiger partial charge is 0.454 e. The first-order valence-electron chi connectivity index (χ1n) is 9.81. The molecule has 1 saturated heterocycles. The van der Waals surface area contributed by atoms with Crippen molar-refractivity contribution in [2.24, 2.45) is 0 Å². The number of para-hydroxylation sites is 2. The van der Waals surface area contributed by atoms with Crippen LogP contribution < -0.4 is 14.8 Å². The maximum atomic E-state index is 12.4. The second-order valence-corrected chi connectivity index (χ2v) is 7.37. The molecule has 8 nitrogen and oxygen atoms in total. The molecular weight excluding hydrogens is 370 g/mol. The minimum absolute atomic E-state index is 0.0189. The molecule has 150 valence electrons. The van der Waals surface area contributed by atoms with Crippen molar-refractivity contribution in [2.45, 2.75) is 6.54 Å². The number of rotatable bonds is 5. The zero-order chi connectivity index (χ0) is 19.6. The highest BCUT2D eigenvalue weighted by Gasteiger charge is 2.20. The molecule has 1 amide bonds. The Morgan fingerprint density at radius 1 is 1.03 bits per heavy atom. The standard InChI is InChI=1S/C21H23N5O3/c27-21(22-15-5-6-18-19(11-15)29-14-28-18)13-26-9-7-25(8-10-26)12-20-23-16-3-1-2-4-17(16)24-20/h1-6,11H,7-10,12-14H2,(H,22,27)(H,23,24). The van der Waals surface area contributed by atoms with Crippen molar-refractivity contribution in [1.29, 1.82) is 0 Å². The van der Waals surface area contributed by atoms with Crippen LogP contribution in [0, 0.1) is 0 Å². The third kappa shape index (κ3) is 4.03. The third-order valence-corrected chi connectivity index (χ3v) is 5.30. The molecule has 1 fully saturated rings. The lowest BCUT2D eigenvalue weighted by atomic mass is 10.2. The summed E-state index contributed by atoms with van der Waals surface area (Å²) in [6, 6.07) is 13.5. The van der Waals surface area contributed by atoms with Gasteiger partial charge in [-0.1, -0.05) is 12.1 Å². The van der Waals surface area contributed by atoms with Gasteiger partial charge in [-0.3, -0.25) is 14.6 Å². The highest BCUT2D eigenvalue weighted by molar-refractivity contribution is 5.92. The second-order valence-electron chi connectivity index (χ2n) is 7.37. The summed E-state index contributed by atoms with van der Waals surface area (Å²) in [4.78, 5) is 25.0. The van der Waals surface area contributed by atoms with Crippen LogP contribution in [0.5, 0.6) is 11.5 Å². The summed E-state index contributed by atoms with van der Waals surface area (Å²) in [6.45, 7) is 4.94. The predicted molar refractivity (Wildman–Crippen MR) is 109 cm³/mol. The maximum absolute atomic E-state index is 12.4. The van der Waals surface area contributed by atoms with Crippen LogP contribution in [0.1, 0.15) is 5.82 Å². The van der Waals surface area contributed by atoms with E-state index in [0.717, 1.165) is 55.3 Å². The van der Waals surface area contributed by atoms with E-state index in [2.05, 4.69) is 25.1 Å². The van der Waals surface area contributed by atoms with Gasteiger partial charge in [-0.05, 0) is 24.3 Å². The number of carbonyl (C=O) groups excluding carboxylic acids is 1. The number of anilines is 1. The van der Waals surface area contributed by atoms with Crippen molar-refractivity contribution >= 4 is 22.6 Å². The zero-order valence-corrected chi connectivity index (χ0v) is 16.1. The number of hydrogen-bond donors (Lipinski definition) is 2. The van der Waals surface area contributed by atoms with Crippen LogP contribution >= 0.6 is 0 Å². The van der Waals surface area contributed by atoms with Gasteiger partial charge in [0.25, 0.3) is 0 Å². The maximum Gasteiger partial charge on any atom is 0.238 e. The Morgan fingerprint density at radius 2 is 1.83 bits per heavy atom. The van der Waals surface area contributed by atoms with Crippen LogP contribution in [0.4, 0.5) is 5.69 Å². The molecule has 0 bridgehead atoms. The number of nitrogens with zero attached hydrogens (tertiary/aromatic N) is 3. The van der Waals surface area contributed by atoms with Crippen molar-refractivity contribution in [3.05, 3.63) is 48.3 Å². The third-order valence-electron chi connectivity index (χ3n) is 5.30. The lowest BCUT2D eigenvalue weighted by Crippen LogP contribution is -2.48. The average Bonchev–Trinajstić information content (AvgIpc) is 3.35. The molecule has 2 aliphatic heterocycles. The molecule has 0 saturated carbocycles. The summed E-state index contributed by atoms with van der Waals surface area (Å²) in [6.07, 6.45) is 0. The monoisotopic (exact) mass is 393 g/mol. The van der Waals surface area contributed by atoms with E-state index in [4.69, 9.17) is 9.47 Å². The quantitative estimate of drug-likeness (QED) is 0.690. The van der Waals surface area contributed by atoms with Gasteiger partial charge in [0.15, 0.2) is 11.5 Å². The first kappa shape index (κ1) is 18.0. The van der Waals surface area contributed by atoms with Gasteiger partial charge in [-0.25, -0.2) is 4.98 Å². The van der Waals surface area contributed by atoms with Crippen LogP contribution in [0.2, 0.25) is 0 Å². The van der Waals surface area contributed by atoms with E-state index in [1.165, 1.54) is 0 Å². The second kappa shape index (κ2) is 7.73. The minimum atomic E-state index is -0.0189. The number of fused-ring (bicyclic) bond motifs is 2. The Morgan fingerprint density at radius 3 is 2.69 bits per heavy atom. The Hall–Kier alpha value is -3.10. The molecule has 29 heavy (non-hydrogen) atoms. The Kier molecular flexibility index (Phi) is 4.79. The van der Waals surface area contributed by atoms with E-state index < -0.39 is 0 Å². The van der Waals surface area contributed by atoms with Gasteiger partial charge < -0.3 is 19.8 Å². The average molecular weight is 393 g/mol. The summed E-state index contributed by atoms with van der Waals surface area (Å²) in [5.41, 5.74) is 2.80. The van der Waals surface area contributed by atoms with Crippen LogP contribution in [0.3, 0.4) is 0 Å². The van der Waals surface area contributed by atoms with Crippen molar-refractivity contribution in [1.82, 2.24) is 19.8 Å². The molecule has 3 heterocycles. The molecule has 0 spiro atoms. The number of hydrogen-bond acceptors (Lipinski definition) is 6. The first-order valence-corrected chi connectivity index (χ1v) is 9.81. The van der Waals surface area contributed by atoms with Gasteiger partial charge in [0.1, 0.15) is 5.82 Å². The van der Waals surface area contributed by atoms with Crippen LogP contribution in [0.15, 0.2) is 42.5 Å². The predicted octanol–water partition coefficient (Wildman–Crippen LogP) is 2.05. The van der Waals surface area contributed by atoms with Crippen molar-refractivity contribution in [2.75, 3.05) is 44.8 Å². The van der Waals surface area contributed by atoms with E-state index in [0.29, 0.717) is 18.0 Å². The summed E-state index contributed by atoms with van der Waals surface area (Å²) in [5, 5.41) is 2.94. The topological polar surface area (TPSA) is 82.7 Å². The number of carbonyl (C=O) groups is 1. The Balaban J connectivity index is 1.10. The first-order chi connectivity index (χ1) is 14.2. The SMILES string of the molecule is O=C(CN1CCN(Cc2nc3ccccc3[nH]2)CC1)Nc1ccc2c(c1)OCO2. The highest BCUT2D eigenvalue weighted by Crippen LogP contribution is 2.34. The van der Waals surface area contributed by atoms with Gasteiger partial charge in [0, 0.05) is 37.9 Å². The fourth-order valence-electron chi connectivity index (χ4n) is 3.78. The number of imidazole rings is 1. The summed E-state index contributed by atoms with van der Waals surface area (Å²) in [5.74, 6) is 2.35. The Bertz CT molecular complexity index is 993. The molecule has 8 heteroatoms. The van der Waals surface area contributed by atoms with Gasteiger partial charge in [0.2, 0.25) is 12.7 Å².